The highest BCUT2D eigenvalue weighted by atomic mass is 32.1. The van der Waals surface area contributed by atoms with Gasteiger partial charge in [0.25, 0.3) is 5.56 Å². The first-order valence-electron chi connectivity index (χ1n) is 8.02. The Balaban J connectivity index is 1.86. The molecule has 0 aliphatic carbocycles. The largest absolute Gasteiger partial charge is 0.361 e. The first-order valence-corrected chi connectivity index (χ1v) is 8.83. The smallest absolute Gasteiger partial charge is 0.262 e. The Bertz CT molecular complexity index is 1100. The van der Waals surface area contributed by atoms with E-state index in [0.717, 1.165) is 37.9 Å². The summed E-state index contributed by atoms with van der Waals surface area (Å²) in [5.74, 6) is 0.733. The van der Waals surface area contributed by atoms with Crippen LogP contribution >= 0.6 is 11.3 Å². The summed E-state index contributed by atoms with van der Waals surface area (Å²) >= 11 is 1.56. The zero-order valence-electron chi connectivity index (χ0n) is 14.2. The van der Waals surface area contributed by atoms with Gasteiger partial charge in [0.05, 0.1) is 24.0 Å². The van der Waals surface area contributed by atoms with E-state index in [1.165, 1.54) is 0 Å². The van der Waals surface area contributed by atoms with E-state index < -0.39 is 0 Å². The lowest BCUT2D eigenvalue weighted by Crippen LogP contribution is -2.21. The Morgan fingerprint density at radius 2 is 1.92 bits per heavy atom. The maximum atomic E-state index is 13.0. The van der Waals surface area contributed by atoms with Crippen molar-refractivity contribution in [3.8, 4) is 10.4 Å². The van der Waals surface area contributed by atoms with E-state index in [0.29, 0.717) is 11.9 Å². The SMILES string of the molecule is Cc1noc(C)c1Cn1cnc2sc(-c3ccccc3)c(C)c2c1=O. The van der Waals surface area contributed by atoms with Gasteiger partial charge in [-0.1, -0.05) is 35.5 Å². The number of aryl methyl sites for hydroxylation is 3. The van der Waals surface area contributed by atoms with Gasteiger partial charge < -0.3 is 4.52 Å². The third-order valence-corrected chi connectivity index (χ3v) is 5.71. The van der Waals surface area contributed by atoms with E-state index in [9.17, 15) is 4.79 Å². The predicted molar refractivity (Wildman–Crippen MR) is 99.1 cm³/mol. The molecule has 126 valence electrons. The molecule has 0 amide bonds. The van der Waals surface area contributed by atoms with Crippen LogP contribution in [0.1, 0.15) is 22.6 Å². The van der Waals surface area contributed by atoms with Crippen LogP contribution in [0.5, 0.6) is 0 Å². The van der Waals surface area contributed by atoms with E-state index in [2.05, 4.69) is 22.3 Å². The van der Waals surface area contributed by atoms with Crippen LogP contribution in [-0.4, -0.2) is 14.7 Å². The van der Waals surface area contributed by atoms with Gasteiger partial charge in [-0.25, -0.2) is 4.98 Å². The van der Waals surface area contributed by atoms with Gasteiger partial charge in [0.2, 0.25) is 0 Å². The highest BCUT2D eigenvalue weighted by Gasteiger charge is 2.17. The molecule has 0 unspecified atom stereocenters. The van der Waals surface area contributed by atoms with Gasteiger partial charge in [-0.15, -0.1) is 11.3 Å². The summed E-state index contributed by atoms with van der Waals surface area (Å²) in [7, 11) is 0. The van der Waals surface area contributed by atoms with Crippen molar-refractivity contribution in [2.24, 2.45) is 0 Å². The molecule has 0 atom stereocenters. The summed E-state index contributed by atoms with van der Waals surface area (Å²) < 4.78 is 6.83. The third kappa shape index (κ3) is 2.59. The number of hydrogen-bond donors (Lipinski definition) is 0. The lowest BCUT2D eigenvalue weighted by Gasteiger charge is -2.05. The number of fused-ring (bicyclic) bond motifs is 1. The summed E-state index contributed by atoms with van der Waals surface area (Å²) in [6.07, 6.45) is 1.61. The van der Waals surface area contributed by atoms with Crippen LogP contribution in [0.3, 0.4) is 0 Å². The van der Waals surface area contributed by atoms with E-state index in [1.807, 2.05) is 39.0 Å². The number of nitrogens with zero attached hydrogens (tertiary/aromatic N) is 3. The highest BCUT2D eigenvalue weighted by molar-refractivity contribution is 7.22. The Morgan fingerprint density at radius 1 is 1.16 bits per heavy atom. The second-order valence-electron chi connectivity index (χ2n) is 6.08. The summed E-state index contributed by atoms with van der Waals surface area (Å²) in [6, 6.07) is 10.1. The maximum absolute atomic E-state index is 13.0. The Labute approximate surface area is 148 Å². The monoisotopic (exact) mass is 351 g/mol. The number of benzene rings is 1. The van der Waals surface area contributed by atoms with Crippen molar-refractivity contribution in [2.45, 2.75) is 27.3 Å². The second-order valence-corrected chi connectivity index (χ2v) is 7.08. The van der Waals surface area contributed by atoms with Crippen molar-refractivity contribution in [1.29, 1.82) is 0 Å². The molecule has 0 aliphatic rings. The fraction of sp³-hybridized carbons (Fsp3) is 0.211. The van der Waals surface area contributed by atoms with Gasteiger partial charge in [0.1, 0.15) is 10.6 Å². The van der Waals surface area contributed by atoms with E-state index in [-0.39, 0.29) is 5.56 Å². The topological polar surface area (TPSA) is 60.9 Å². The molecule has 0 N–H and O–H groups in total. The lowest BCUT2D eigenvalue weighted by molar-refractivity contribution is 0.392. The summed E-state index contributed by atoms with van der Waals surface area (Å²) in [6.45, 7) is 6.14. The van der Waals surface area contributed by atoms with Gasteiger partial charge >= 0.3 is 0 Å². The molecule has 3 aromatic heterocycles. The first kappa shape index (κ1) is 15.8. The van der Waals surface area contributed by atoms with Crippen molar-refractivity contribution < 1.29 is 4.52 Å². The summed E-state index contributed by atoms with van der Waals surface area (Å²) in [4.78, 5) is 19.4. The van der Waals surface area contributed by atoms with Crippen molar-refractivity contribution in [2.75, 3.05) is 0 Å². The average molecular weight is 351 g/mol. The van der Waals surface area contributed by atoms with Gasteiger partial charge in [0, 0.05) is 10.4 Å². The zero-order valence-corrected chi connectivity index (χ0v) is 15.1. The van der Waals surface area contributed by atoms with E-state index in [4.69, 9.17) is 4.52 Å². The number of rotatable bonds is 3. The minimum Gasteiger partial charge on any atom is -0.361 e. The zero-order chi connectivity index (χ0) is 17.6. The Morgan fingerprint density at radius 3 is 2.60 bits per heavy atom. The number of aromatic nitrogens is 3. The van der Waals surface area contributed by atoms with Crippen LogP contribution in [0.4, 0.5) is 0 Å². The molecule has 1 aromatic carbocycles. The number of thiophene rings is 1. The Hall–Kier alpha value is -2.73. The van der Waals surface area contributed by atoms with Crippen LogP contribution in [0.15, 0.2) is 46.0 Å². The molecule has 0 spiro atoms. The molecule has 25 heavy (non-hydrogen) atoms. The van der Waals surface area contributed by atoms with Gasteiger partial charge in [-0.2, -0.15) is 0 Å². The van der Waals surface area contributed by atoms with E-state index >= 15 is 0 Å². The average Bonchev–Trinajstić information content (AvgIpc) is 3.12. The molecule has 6 heteroatoms. The summed E-state index contributed by atoms with van der Waals surface area (Å²) in [5, 5.41) is 4.65. The van der Waals surface area contributed by atoms with Gasteiger partial charge in [-0.3, -0.25) is 9.36 Å². The molecule has 0 fully saturated rings. The van der Waals surface area contributed by atoms with Crippen molar-refractivity contribution in [1.82, 2.24) is 14.7 Å². The van der Waals surface area contributed by atoms with Crippen LogP contribution in [0.25, 0.3) is 20.7 Å². The number of hydrogen-bond acceptors (Lipinski definition) is 5. The molecule has 0 saturated heterocycles. The fourth-order valence-corrected chi connectivity index (χ4v) is 4.18. The molecule has 3 heterocycles. The second kappa shape index (κ2) is 5.97. The standard InChI is InChI=1S/C19H17N3O2S/c1-11-16-18(25-17(11)14-7-5-4-6-8-14)20-10-22(19(16)23)9-15-12(2)21-24-13(15)3/h4-8,10H,9H2,1-3H3. The van der Waals surface area contributed by atoms with Gasteiger partial charge in [0.15, 0.2) is 0 Å². The van der Waals surface area contributed by atoms with Crippen molar-refractivity contribution in [3.05, 3.63) is 69.6 Å². The molecule has 5 nitrogen and oxygen atoms in total. The van der Waals surface area contributed by atoms with Crippen LogP contribution in [0, 0.1) is 20.8 Å². The van der Waals surface area contributed by atoms with Crippen LogP contribution < -0.4 is 5.56 Å². The maximum Gasteiger partial charge on any atom is 0.262 e. The molecule has 0 bridgehead atoms. The molecule has 4 aromatic rings. The molecular formula is C19H17N3O2S. The normalized spacial score (nSPS) is 11.3. The minimum atomic E-state index is -0.0269. The fourth-order valence-electron chi connectivity index (χ4n) is 3.03. The first-order chi connectivity index (χ1) is 12.1. The predicted octanol–water partition coefficient (Wildman–Crippen LogP) is 4.09. The molecule has 4 rings (SSSR count). The quantitative estimate of drug-likeness (QED) is 0.558. The van der Waals surface area contributed by atoms with E-state index in [1.54, 1.807) is 22.2 Å². The minimum absolute atomic E-state index is 0.0269. The highest BCUT2D eigenvalue weighted by Crippen LogP contribution is 2.35. The van der Waals surface area contributed by atoms with Crippen LogP contribution in [0.2, 0.25) is 0 Å². The summed E-state index contributed by atoms with van der Waals surface area (Å²) in [5.41, 5.74) is 3.80. The molecule has 0 radical (unpaired) electrons. The molecular weight excluding hydrogens is 334 g/mol. The molecule has 0 aliphatic heterocycles. The van der Waals surface area contributed by atoms with Gasteiger partial charge in [-0.05, 0) is 31.9 Å². The lowest BCUT2D eigenvalue weighted by atomic mass is 10.1. The third-order valence-electron chi connectivity index (χ3n) is 4.46. The molecule has 0 saturated carbocycles. The van der Waals surface area contributed by atoms with Crippen LogP contribution in [-0.2, 0) is 6.54 Å². The van der Waals surface area contributed by atoms with Crippen molar-refractivity contribution in [3.63, 3.8) is 0 Å². The Kier molecular flexibility index (Phi) is 3.77. The van der Waals surface area contributed by atoms with Crippen molar-refractivity contribution >= 4 is 21.6 Å².